The van der Waals surface area contributed by atoms with Crippen molar-refractivity contribution in [2.45, 2.75) is 49.1 Å². The van der Waals surface area contributed by atoms with Crippen LogP contribution in [-0.4, -0.2) is 58.9 Å². The Morgan fingerprint density at radius 1 is 1.20 bits per heavy atom. The molecule has 1 saturated carbocycles. The third-order valence-corrected chi connectivity index (χ3v) is 7.83. The van der Waals surface area contributed by atoms with Crippen molar-refractivity contribution in [3.05, 3.63) is 34.1 Å². The molecular formula is C22H29FN4O2S. The number of piperidine rings is 1. The molecule has 1 unspecified atom stereocenters. The number of halogens is 1. The zero-order chi connectivity index (χ0) is 20.5. The second-order valence-corrected chi connectivity index (χ2v) is 10.0. The summed E-state index contributed by atoms with van der Waals surface area (Å²) in [6, 6.07) is 3.68. The summed E-state index contributed by atoms with van der Waals surface area (Å²) in [5.41, 5.74) is -0.0332. The molecule has 2 N–H and O–H groups in total. The largest absolute Gasteiger partial charge is 0.493 e. The van der Waals surface area contributed by atoms with Crippen molar-refractivity contribution in [2.24, 2.45) is 5.92 Å². The summed E-state index contributed by atoms with van der Waals surface area (Å²) in [5, 5.41) is 4.03. The monoisotopic (exact) mass is 432 g/mol. The maximum Gasteiger partial charge on any atom is 0.261 e. The second-order valence-electron chi connectivity index (χ2n) is 8.76. The lowest BCUT2D eigenvalue weighted by atomic mass is 10.1. The number of hydrogen-bond acceptors (Lipinski definition) is 6. The number of likely N-dealkylation sites (tertiary alicyclic amines) is 1. The van der Waals surface area contributed by atoms with Crippen molar-refractivity contribution in [3.8, 4) is 5.75 Å². The van der Waals surface area contributed by atoms with Gasteiger partial charge in [0.25, 0.3) is 5.56 Å². The number of aromatic amines is 1. The standard InChI is InChI=1S/C22H29FN4O2S/c23-18-9-16(29-12-14-1-2-14)10-19-21(18)22(28)26-20(25-19)13-30-17-4-7-27(8-5-17)15-3-6-24-11-15/h9-10,14-15,17,24H,1-8,11-13H2,(H,25,26,28). The van der Waals surface area contributed by atoms with E-state index >= 15 is 0 Å². The van der Waals surface area contributed by atoms with Crippen molar-refractivity contribution >= 4 is 22.7 Å². The van der Waals surface area contributed by atoms with E-state index in [2.05, 4.69) is 20.2 Å². The number of fused-ring (bicyclic) bond motifs is 1. The molecule has 30 heavy (non-hydrogen) atoms. The van der Waals surface area contributed by atoms with Crippen LogP contribution in [0.5, 0.6) is 5.75 Å². The Hall–Kier alpha value is -1.64. The predicted molar refractivity (Wildman–Crippen MR) is 118 cm³/mol. The molecule has 0 amide bonds. The van der Waals surface area contributed by atoms with Gasteiger partial charge in [0, 0.05) is 30.0 Å². The highest BCUT2D eigenvalue weighted by atomic mass is 32.2. The van der Waals surface area contributed by atoms with Gasteiger partial charge in [-0.3, -0.25) is 9.69 Å². The summed E-state index contributed by atoms with van der Waals surface area (Å²) in [4.78, 5) is 22.4. The smallest absolute Gasteiger partial charge is 0.261 e. The molecule has 2 saturated heterocycles. The summed E-state index contributed by atoms with van der Waals surface area (Å²) in [6.45, 7) is 5.13. The number of nitrogens with one attached hydrogen (secondary N) is 2. The normalized spacial score (nSPS) is 23.3. The summed E-state index contributed by atoms with van der Waals surface area (Å²) in [5.74, 6) is 1.71. The van der Waals surface area contributed by atoms with Crippen LogP contribution >= 0.6 is 11.8 Å². The number of hydrogen-bond donors (Lipinski definition) is 2. The lowest BCUT2D eigenvalue weighted by molar-refractivity contribution is 0.176. The van der Waals surface area contributed by atoms with Gasteiger partial charge in [0.1, 0.15) is 22.8 Å². The van der Waals surface area contributed by atoms with E-state index in [-0.39, 0.29) is 5.39 Å². The minimum Gasteiger partial charge on any atom is -0.493 e. The fourth-order valence-electron chi connectivity index (χ4n) is 4.45. The van der Waals surface area contributed by atoms with Crippen LogP contribution in [0.1, 0.15) is 37.9 Å². The molecular weight excluding hydrogens is 403 g/mol. The van der Waals surface area contributed by atoms with E-state index in [4.69, 9.17) is 4.74 Å². The van der Waals surface area contributed by atoms with Crippen LogP contribution in [-0.2, 0) is 5.75 Å². The quantitative estimate of drug-likeness (QED) is 0.701. The first kappa shape index (κ1) is 20.3. The first-order chi connectivity index (χ1) is 14.7. The molecule has 0 bridgehead atoms. The Kier molecular flexibility index (Phi) is 5.98. The number of rotatable bonds is 7. The number of H-pyrrole nitrogens is 1. The van der Waals surface area contributed by atoms with Crippen LogP contribution in [0.2, 0.25) is 0 Å². The molecule has 3 aliphatic rings. The average Bonchev–Trinajstić information content (AvgIpc) is 3.41. The number of aromatic nitrogens is 2. The Bertz CT molecular complexity index is 950. The second kappa shape index (κ2) is 8.85. The van der Waals surface area contributed by atoms with Crippen molar-refractivity contribution in [1.82, 2.24) is 20.2 Å². The first-order valence-electron chi connectivity index (χ1n) is 11.1. The van der Waals surface area contributed by atoms with Gasteiger partial charge in [-0.15, -0.1) is 0 Å². The van der Waals surface area contributed by atoms with Gasteiger partial charge >= 0.3 is 0 Å². The zero-order valence-electron chi connectivity index (χ0n) is 17.2. The number of benzene rings is 1. The fourth-order valence-corrected chi connectivity index (χ4v) is 5.53. The van der Waals surface area contributed by atoms with E-state index in [0.717, 1.165) is 39.0 Å². The molecule has 162 valence electrons. The Labute approximate surface area is 180 Å². The first-order valence-corrected chi connectivity index (χ1v) is 12.1. The lowest BCUT2D eigenvalue weighted by Gasteiger charge is -2.35. The maximum absolute atomic E-state index is 14.5. The molecule has 1 aromatic carbocycles. The van der Waals surface area contributed by atoms with E-state index in [1.807, 2.05) is 11.8 Å². The Morgan fingerprint density at radius 2 is 2.03 bits per heavy atom. The van der Waals surface area contributed by atoms with Crippen LogP contribution in [0.4, 0.5) is 4.39 Å². The number of nitrogens with zero attached hydrogens (tertiary/aromatic N) is 2. The van der Waals surface area contributed by atoms with Gasteiger partial charge in [0.15, 0.2) is 0 Å². The number of ether oxygens (including phenoxy) is 1. The molecule has 0 spiro atoms. The summed E-state index contributed by atoms with van der Waals surface area (Å²) >= 11 is 1.84. The van der Waals surface area contributed by atoms with Gasteiger partial charge in [-0.1, -0.05) is 0 Å². The minimum atomic E-state index is -0.569. The third-order valence-electron chi connectivity index (χ3n) is 6.45. The molecule has 3 fully saturated rings. The van der Waals surface area contributed by atoms with Crippen molar-refractivity contribution in [1.29, 1.82) is 0 Å². The molecule has 2 aromatic rings. The molecule has 5 rings (SSSR count). The van der Waals surface area contributed by atoms with E-state index in [0.29, 0.717) is 46.7 Å². The van der Waals surface area contributed by atoms with E-state index in [1.54, 1.807) is 6.07 Å². The molecule has 8 heteroatoms. The third kappa shape index (κ3) is 4.65. The van der Waals surface area contributed by atoms with Gasteiger partial charge in [-0.25, -0.2) is 9.37 Å². The molecule has 1 aromatic heterocycles. The van der Waals surface area contributed by atoms with Crippen LogP contribution < -0.4 is 15.6 Å². The summed E-state index contributed by atoms with van der Waals surface area (Å²) in [6.07, 6.45) is 5.92. The van der Waals surface area contributed by atoms with Crippen molar-refractivity contribution < 1.29 is 9.13 Å². The average molecular weight is 433 g/mol. The van der Waals surface area contributed by atoms with Gasteiger partial charge in [-0.2, -0.15) is 11.8 Å². The van der Waals surface area contributed by atoms with Gasteiger partial charge < -0.3 is 15.0 Å². The maximum atomic E-state index is 14.5. The highest BCUT2D eigenvalue weighted by molar-refractivity contribution is 7.99. The molecule has 1 atom stereocenters. The predicted octanol–water partition coefficient (Wildman–Crippen LogP) is 2.91. The van der Waals surface area contributed by atoms with Crippen LogP contribution in [0, 0.1) is 11.7 Å². The van der Waals surface area contributed by atoms with Crippen molar-refractivity contribution in [3.63, 3.8) is 0 Å². The minimum absolute atomic E-state index is 0.0148. The van der Waals surface area contributed by atoms with Gasteiger partial charge in [0.05, 0.1) is 17.9 Å². The van der Waals surface area contributed by atoms with Crippen LogP contribution in [0.25, 0.3) is 10.9 Å². The SMILES string of the molecule is O=c1[nH]c(CSC2CCN(C3CCNC3)CC2)nc2cc(OCC3CC3)cc(F)c12. The molecule has 1 aliphatic carbocycles. The van der Waals surface area contributed by atoms with Gasteiger partial charge in [0.2, 0.25) is 0 Å². The molecule has 6 nitrogen and oxygen atoms in total. The van der Waals surface area contributed by atoms with Gasteiger partial charge in [-0.05, 0) is 57.7 Å². The van der Waals surface area contributed by atoms with E-state index < -0.39 is 11.4 Å². The topological polar surface area (TPSA) is 70.2 Å². The van der Waals surface area contributed by atoms with Crippen LogP contribution in [0.3, 0.4) is 0 Å². The van der Waals surface area contributed by atoms with Crippen LogP contribution in [0.15, 0.2) is 16.9 Å². The Balaban J connectivity index is 1.22. The van der Waals surface area contributed by atoms with Crippen molar-refractivity contribution in [2.75, 3.05) is 32.8 Å². The lowest BCUT2D eigenvalue weighted by Crippen LogP contribution is -2.43. The fraction of sp³-hybridized carbons (Fsp3) is 0.636. The Morgan fingerprint density at radius 3 is 2.77 bits per heavy atom. The summed E-state index contributed by atoms with van der Waals surface area (Å²) < 4.78 is 20.2. The highest BCUT2D eigenvalue weighted by Gasteiger charge is 2.27. The molecule has 0 radical (unpaired) electrons. The van der Waals surface area contributed by atoms with E-state index in [9.17, 15) is 9.18 Å². The number of thioether (sulfide) groups is 1. The summed E-state index contributed by atoms with van der Waals surface area (Å²) in [7, 11) is 0. The molecule has 2 aliphatic heterocycles. The zero-order valence-corrected chi connectivity index (χ0v) is 18.0. The van der Waals surface area contributed by atoms with E-state index in [1.165, 1.54) is 25.3 Å². The highest BCUT2D eigenvalue weighted by Crippen LogP contribution is 2.31. The molecule has 3 heterocycles.